The number of ether oxygens (including phenoxy) is 1. The van der Waals surface area contributed by atoms with Crippen LogP contribution in [0.2, 0.25) is 0 Å². The number of amides is 1. The van der Waals surface area contributed by atoms with Gasteiger partial charge >= 0.3 is 0 Å². The maximum Gasteiger partial charge on any atom is 0.261 e. The van der Waals surface area contributed by atoms with Crippen LogP contribution < -0.4 is 15.2 Å². The van der Waals surface area contributed by atoms with Gasteiger partial charge in [-0.1, -0.05) is 0 Å². The average molecular weight is 422 g/mol. The van der Waals surface area contributed by atoms with Gasteiger partial charge in [0.2, 0.25) is 5.91 Å². The van der Waals surface area contributed by atoms with Gasteiger partial charge in [0.15, 0.2) is 0 Å². The largest absolute Gasteiger partial charge is 0.497 e. The molecule has 30 heavy (non-hydrogen) atoms. The maximum absolute atomic E-state index is 12.6. The Labute approximate surface area is 172 Å². The molecule has 0 fully saturated rings. The van der Waals surface area contributed by atoms with Crippen LogP contribution in [0, 0.1) is 0 Å². The van der Waals surface area contributed by atoms with E-state index in [1.807, 2.05) is 0 Å². The van der Waals surface area contributed by atoms with Gasteiger partial charge in [0.05, 0.1) is 23.0 Å². The normalized spacial score (nSPS) is 11.4. The van der Waals surface area contributed by atoms with Crippen molar-refractivity contribution in [1.29, 1.82) is 0 Å². The summed E-state index contributed by atoms with van der Waals surface area (Å²) < 4.78 is 32.9. The van der Waals surface area contributed by atoms with Crippen LogP contribution in [0.4, 0.5) is 5.69 Å². The van der Waals surface area contributed by atoms with Gasteiger partial charge in [-0.15, -0.1) is 0 Å². The Morgan fingerprint density at radius 1 is 1.03 bits per heavy atom. The average Bonchev–Trinajstić information content (AvgIpc) is 3.17. The smallest absolute Gasteiger partial charge is 0.261 e. The Morgan fingerprint density at radius 2 is 1.73 bits per heavy atom. The lowest BCUT2D eigenvalue weighted by Gasteiger charge is -2.09. The fraction of sp³-hybridized carbons (Fsp3) is 0.0476. The predicted octanol–water partition coefficient (Wildman–Crippen LogP) is 3.14. The highest BCUT2D eigenvalue weighted by Crippen LogP contribution is 2.24. The van der Waals surface area contributed by atoms with E-state index in [9.17, 15) is 13.2 Å². The Hall–Kier alpha value is -3.85. The van der Waals surface area contributed by atoms with E-state index in [0.717, 1.165) is 5.52 Å². The van der Waals surface area contributed by atoms with Crippen molar-refractivity contribution >= 4 is 32.7 Å². The zero-order chi connectivity index (χ0) is 21.3. The molecule has 0 saturated heterocycles. The van der Waals surface area contributed by atoms with Gasteiger partial charge in [-0.25, -0.2) is 13.4 Å². The number of anilines is 1. The number of aromatic amines is 1. The molecule has 1 amide bonds. The summed E-state index contributed by atoms with van der Waals surface area (Å²) in [5.41, 5.74) is 8.15. The van der Waals surface area contributed by atoms with Crippen LogP contribution in [0.1, 0.15) is 10.4 Å². The highest BCUT2D eigenvalue weighted by molar-refractivity contribution is 7.92. The Balaban J connectivity index is 1.58. The molecule has 4 aromatic rings. The minimum Gasteiger partial charge on any atom is -0.497 e. The van der Waals surface area contributed by atoms with Crippen molar-refractivity contribution in [2.24, 2.45) is 5.73 Å². The molecule has 0 spiro atoms. The van der Waals surface area contributed by atoms with Crippen molar-refractivity contribution in [2.45, 2.75) is 4.90 Å². The molecule has 8 nitrogen and oxygen atoms in total. The molecule has 0 unspecified atom stereocenters. The zero-order valence-corrected chi connectivity index (χ0v) is 16.7. The van der Waals surface area contributed by atoms with E-state index < -0.39 is 15.9 Å². The van der Waals surface area contributed by atoms with Gasteiger partial charge in [0.25, 0.3) is 10.0 Å². The lowest BCUT2D eigenvalue weighted by molar-refractivity contribution is 0.100. The second-order valence-corrected chi connectivity index (χ2v) is 8.22. The number of carbonyl (C=O) groups is 1. The Bertz CT molecular complexity index is 1330. The summed E-state index contributed by atoms with van der Waals surface area (Å²) >= 11 is 0. The first-order chi connectivity index (χ1) is 14.4. The number of benzene rings is 3. The van der Waals surface area contributed by atoms with Crippen molar-refractivity contribution in [1.82, 2.24) is 9.97 Å². The molecule has 0 aliphatic heterocycles. The van der Waals surface area contributed by atoms with Crippen LogP contribution in [-0.4, -0.2) is 31.4 Å². The van der Waals surface area contributed by atoms with Crippen LogP contribution in [0.25, 0.3) is 22.4 Å². The van der Waals surface area contributed by atoms with Gasteiger partial charge < -0.3 is 15.5 Å². The second kappa shape index (κ2) is 7.53. The third-order valence-electron chi connectivity index (χ3n) is 4.55. The number of imidazole rings is 1. The molecule has 152 valence electrons. The molecule has 0 saturated carbocycles. The molecule has 0 atom stereocenters. The van der Waals surface area contributed by atoms with E-state index in [1.165, 1.54) is 12.1 Å². The SMILES string of the molecule is COc1ccc(NS(=O)(=O)c2ccc(-c3nc4cc(C(N)=O)ccc4[nH]3)cc2)cc1. The number of nitrogens with two attached hydrogens (primary N) is 1. The minimum atomic E-state index is -3.74. The molecular weight excluding hydrogens is 404 g/mol. The van der Waals surface area contributed by atoms with Crippen LogP contribution in [0.15, 0.2) is 71.6 Å². The summed E-state index contributed by atoms with van der Waals surface area (Å²) in [6.45, 7) is 0. The summed E-state index contributed by atoms with van der Waals surface area (Å²) in [6, 6.07) is 17.9. The van der Waals surface area contributed by atoms with Crippen molar-refractivity contribution in [3.8, 4) is 17.1 Å². The molecule has 9 heteroatoms. The van der Waals surface area contributed by atoms with E-state index in [2.05, 4.69) is 14.7 Å². The van der Waals surface area contributed by atoms with Crippen LogP contribution in [0.3, 0.4) is 0 Å². The molecular formula is C21H18N4O4S. The third-order valence-corrected chi connectivity index (χ3v) is 5.95. The van der Waals surface area contributed by atoms with E-state index in [4.69, 9.17) is 10.5 Å². The molecule has 1 heterocycles. The number of rotatable bonds is 6. The first-order valence-corrected chi connectivity index (χ1v) is 10.4. The number of carbonyl (C=O) groups excluding carboxylic acids is 1. The van der Waals surface area contributed by atoms with Crippen molar-refractivity contribution in [3.63, 3.8) is 0 Å². The predicted molar refractivity (Wildman–Crippen MR) is 114 cm³/mol. The van der Waals surface area contributed by atoms with E-state index in [-0.39, 0.29) is 4.90 Å². The summed E-state index contributed by atoms with van der Waals surface area (Å²) in [5.74, 6) is 0.662. The topological polar surface area (TPSA) is 127 Å². The summed E-state index contributed by atoms with van der Waals surface area (Å²) in [6.07, 6.45) is 0. The monoisotopic (exact) mass is 422 g/mol. The summed E-state index contributed by atoms with van der Waals surface area (Å²) in [7, 11) is -2.20. The molecule has 0 aliphatic rings. The first kappa shape index (κ1) is 19.5. The zero-order valence-electron chi connectivity index (χ0n) is 15.9. The molecule has 4 rings (SSSR count). The van der Waals surface area contributed by atoms with E-state index in [0.29, 0.717) is 33.9 Å². The standard InChI is InChI=1S/C21H18N4O4S/c1-29-16-7-5-15(6-8-16)25-30(27,28)17-9-2-13(3-10-17)21-23-18-11-4-14(20(22)26)12-19(18)24-21/h2-12,25H,1H3,(H2,22,26)(H,23,24). The maximum atomic E-state index is 12.6. The Kier molecular flexibility index (Phi) is 4.88. The fourth-order valence-corrected chi connectivity index (χ4v) is 4.02. The fourth-order valence-electron chi connectivity index (χ4n) is 2.96. The van der Waals surface area contributed by atoms with Crippen LogP contribution >= 0.6 is 0 Å². The number of sulfonamides is 1. The number of hydrogen-bond acceptors (Lipinski definition) is 5. The summed E-state index contributed by atoms with van der Waals surface area (Å²) in [4.78, 5) is 19.1. The van der Waals surface area contributed by atoms with Gasteiger partial charge in [0, 0.05) is 16.8 Å². The molecule has 3 aromatic carbocycles. The van der Waals surface area contributed by atoms with E-state index in [1.54, 1.807) is 61.7 Å². The lowest BCUT2D eigenvalue weighted by Crippen LogP contribution is -2.12. The molecule has 1 aromatic heterocycles. The Morgan fingerprint density at radius 3 is 2.37 bits per heavy atom. The second-order valence-electron chi connectivity index (χ2n) is 6.54. The number of methoxy groups -OCH3 is 1. The first-order valence-electron chi connectivity index (χ1n) is 8.92. The highest BCUT2D eigenvalue weighted by atomic mass is 32.2. The quantitative estimate of drug-likeness (QED) is 0.440. The number of hydrogen-bond donors (Lipinski definition) is 3. The van der Waals surface area contributed by atoms with Crippen molar-refractivity contribution in [3.05, 3.63) is 72.3 Å². The molecule has 0 bridgehead atoms. The molecule has 0 radical (unpaired) electrons. The number of nitrogens with zero attached hydrogens (tertiary/aromatic N) is 1. The molecule has 0 aliphatic carbocycles. The van der Waals surface area contributed by atoms with Crippen molar-refractivity contribution < 1.29 is 17.9 Å². The van der Waals surface area contributed by atoms with E-state index >= 15 is 0 Å². The minimum absolute atomic E-state index is 0.120. The number of H-pyrrole nitrogens is 1. The summed E-state index contributed by atoms with van der Waals surface area (Å²) in [5, 5.41) is 0. The number of aromatic nitrogens is 2. The number of fused-ring (bicyclic) bond motifs is 1. The lowest BCUT2D eigenvalue weighted by atomic mass is 10.2. The van der Waals surface area contributed by atoms with Gasteiger partial charge in [-0.2, -0.15) is 0 Å². The van der Waals surface area contributed by atoms with Crippen molar-refractivity contribution in [2.75, 3.05) is 11.8 Å². The van der Waals surface area contributed by atoms with Gasteiger partial charge in [-0.05, 0) is 66.7 Å². The van der Waals surface area contributed by atoms with Crippen LogP contribution in [-0.2, 0) is 10.0 Å². The number of primary amides is 1. The molecule has 4 N–H and O–H groups in total. The number of nitrogens with one attached hydrogen (secondary N) is 2. The highest BCUT2D eigenvalue weighted by Gasteiger charge is 2.15. The van der Waals surface area contributed by atoms with Gasteiger partial charge in [-0.3, -0.25) is 9.52 Å². The van der Waals surface area contributed by atoms with Crippen LogP contribution in [0.5, 0.6) is 5.75 Å². The third kappa shape index (κ3) is 3.83. The van der Waals surface area contributed by atoms with Gasteiger partial charge in [0.1, 0.15) is 11.6 Å².